The van der Waals surface area contributed by atoms with Gasteiger partial charge in [-0.2, -0.15) is 0 Å². The number of para-hydroxylation sites is 2. The molecule has 2 aromatic rings. The Hall–Kier alpha value is -3.09. The van der Waals surface area contributed by atoms with Gasteiger partial charge in [0, 0.05) is 11.8 Å². The van der Waals surface area contributed by atoms with Gasteiger partial charge in [-0.3, -0.25) is 0 Å². The fourth-order valence-corrected chi connectivity index (χ4v) is 2.30. The highest BCUT2D eigenvalue weighted by Crippen LogP contribution is 2.29. The second-order valence-electron chi connectivity index (χ2n) is 5.50. The summed E-state index contributed by atoms with van der Waals surface area (Å²) in [6.07, 6.45) is -0.169. The molecule has 1 atom stereocenters. The SMILES string of the molecule is COc1ccc(NC(N)=NCC(C)Oc2ccccc2OC)cc1OC. The van der Waals surface area contributed by atoms with Gasteiger partial charge in [0.2, 0.25) is 0 Å². The van der Waals surface area contributed by atoms with Gasteiger partial charge >= 0.3 is 0 Å². The Balaban J connectivity index is 1.95. The van der Waals surface area contributed by atoms with Crippen LogP contribution in [0.5, 0.6) is 23.0 Å². The van der Waals surface area contributed by atoms with E-state index in [2.05, 4.69) is 10.3 Å². The van der Waals surface area contributed by atoms with Crippen LogP contribution in [0.4, 0.5) is 5.69 Å². The third-order valence-corrected chi connectivity index (χ3v) is 3.57. The van der Waals surface area contributed by atoms with E-state index in [0.29, 0.717) is 29.5 Å². The van der Waals surface area contributed by atoms with Crippen LogP contribution in [0, 0.1) is 0 Å². The second-order valence-corrected chi connectivity index (χ2v) is 5.50. The molecule has 0 saturated carbocycles. The van der Waals surface area contributed by atoms with Crippen molar-refractivity contribution in [2.75, 3.05) is 33.2 Å². The van der Waals surface area contributed by atoms with E-state index >= 15 is 0 Å². The van der Waals surface area contributed by atoms with Crippen LogP contribution in [0.25, 0.3) is 0 Å². The number of hydrogen-bond donors (Lipinski definition) is 2. The van der Waals surface area contributed by atoms with E-state index in [4.69, 9.17) is 24.7 Å². The van der Waals surface area contributed by atoms with Crippen LogP contribution in [0.2, 0.25) is 0 Å². The lowest BCUT2D eigenvalue weighted by Crippen LogP contribution is -2.25. The van der Waals surface area contributed by atoms with Gasteiger partial charge in [0.25, 0.3) is 0 Å². The second kappa shape index (κ2) is 9.41. The summed E-state index contributed by atoms with van der Waals surface area (Å²) >= 11 is 0. The standard InChI is InChI=1S/C19H25N3O4/c1-13(26-17-8-6-5-7-15(17)23-2)12-21-19(20)22-14-9-10-16(24-3)18(11-14)25-4/h5-11,13H,12H2,1-4H3,(H3,20,21,22). The summed E-state index contributed by atoms with van der Waals surface area (Å²) in [7, 11) is 4.77. The molecule has 0 aliphatic heterocycles. The van der Waals surface area contributed by atoms with Crippen LogP contribution in [0.3, 0.4) is 0 Å². The number of nitrogens with two attached hydrogens (primary N) is 1. The van der Waals surface area contributed by atoms with Crippen molar-refractivity contribution in [3.8, 4) is 23.0 Å². The molecular weight excluding hydrogens is 334 g/mol. The smallest absolute Gasteiger partial charge is 0.193 e. The Morgan fingerprint density at radius 2 is 1.58 bits per heavy atom. The molecule has 0 aliphatic rings. The molecule has 0 saturated heterocycles. The first-order chi connectivity index (χ1) is 12.6. The van der Waals surface area contributed by atoms with Crippen molar-refractivity contribution in [1.82, 2.24) is 0 Å². The third kappa shape index (κ3) is 5.20. The summed E-state index contributed by atoms with van der Waals surface area (Å²) in [5, 5.41) is 3.02. The first-order valence-electron chi connectivity index (χ1n) is 8.16. The zero-order chi connectivity index (χ0) is 18.9. The lowest BCUT2D eigenvalue weighted by atomic mass is 10.3. The Bertz CT molecular complexity index is 749. The van der Waals surface area contributed by atoms with Crippen molar-refractivity contribution < 1.29 is 18.9 Å². The van der Waals surface area contributed by atoms with Gasteiger partial charge in [-0.15, -0.1) is 0 Å². The molecule has 0 aromatic heterocycles. The third-order valence-electron chi connectivity index (χ3n) is 3.57. The van der Waals surface area contributed by atoms with Crippen LogP contribution < -0.4 is 30.0 Å². The molecule has 140 valence electrons. The van der Waals surface area contributed by atoms with Crippen molar-refractivity contribution in [2.24, 2.45) is 10.7 Å². The molecule has 0 aliphatic carbocycles. The van der Waals surface area contributed by atoms with Gasteiger partial charge in [-0.05, 0) is 31.2 Å². The summed E-state index contributed by atoms with van der Waals surface area (Å²) in [5.41, 5.74) is 6.70. The van der Waals surface area contributed by atoms with Crippen LogP contribution in [0.1, 0.15) is 6.92 Å². The highest BCUT2D eigenvalue weighted by atomic mass is 16.5. The number of hydrogen-bond acceptors (Lipinski definition) is 5. The predicted molar refractivity (Wildman–Crippen MR) is 103 cm³/mol. The number of nitrogens with zero attached hydrogens (tertiary/aromatic N) is 1. The van der Waals surface area contributed by atoms with Gasteiger partial charge in [-0.25, -0.2) is 4.99 Å². The van der Waals surface area contributed by atoms with E-state index in [0.717, 1.165) is 5.69 Å². The minimum Gasteiger partial charge on any atom is -0.493 e. The molecule has 2 rings (SSSR count). The normalized spacial score (nSPS) is 12.2. The van der Waals surface area contributed by atoms with Crippen LogP contribution in [-0.4, -0.2) is 39.9 Å². The molecule has 7 nitrogen and oxygen atoms in total. The topological polar surface area (TPSA) is 87.3 Å². The number of anilines is 1. The average molecular weight is 359 g/mol. The maximum absolute atomic E-state index is 5.95. The molecule has 7 heteroatoms. The molecule has 0 heterocycles. The largest absolute Gasteiger partial charge is 0.493 e. The van der Waals surface area contributed by atoms with Crippen LogP contribution in [-0.2, 0) is 0 Å². The highest BCUT2D eigenvalue weighted by molar-refractivity contribution is 5.92. The molecule has 26 heavy (non-hydrogen) atoms. The van der Waals surface area contributed by atoms with Gasteiger partial charge in [0.05, 0.1) is 27.9 Å². The van der Waals surface area contributed by atoms with Gasteiger partial charge in [-0.1, -0.05) is 12.1 Å². The molecule has 1 unspecified atom stereocenters. The lowest BCUT2D eigenvalue weighted by Gasteiger charge is -2.15. The molecule has 0 radical (unpaired) electrons. The van der Waals surface area contributed by atoms with Gasteiger partial charge in [0.15, 0.2) is 29.0 Å². The first-order valence-corrected chi connectivity index (χ1v) is 8.16. The van der Waals surface area contributed by atoms with Crippen LogP contribution in [0.15, 0.2) is 47.5 Å². The quantitative estimate of drug-likeness (QED) is 0.557. The molecular formula is C19H25N3O4. The minimum atomic E-state index is -0.169. The summed E-state index contributed by atoms with van der Waals surface area (Å²) in [5.74, 6) is 2.89. The number of benzene rings is 2. The van der Waals surface area contributed by atoms with Crippen molar-refractivity contribution in [2.45, 2.75) is 13.0 Å². The maximum atomic E-state index is 5.95. The number of methoxy groups -OCH3 is 3. The van der Waals surface area contributed by atoms with E-state index in [-0.39, 0.29) is 12.1 Å². The Morgan fingerprint density at radius 3 is 2.23 bits per heavy atom. The van der Waals surface area contributed by atoms with Crippen molar-refractivity contribution in [1.29, 1.82) is 0 Å². The molecule has 0 amide bonds. The van der Waals surface area contributed by atoms with E-state index in [1.807, 2.05) is 37.3 Å². The van der Waals surface area contributed by atoms with Crippen LogP contribution >= 0.6 is 0 Å². The number of nitrogens with one attached hydrogen (secondary N) is 1. The highest BCUT2D eigenvalue weighted by Gasteiger charge is 2.09. The zero-order valence-electron chi connectivity index (χ0n) is 15.5. The maximum Gasteiger partial charge on any atom is 0.193 e. The predicted octanol–water partition coefficient (Wildman–Crippen LogP) is 2.91. The lowest BCUT2D eigenvalue weighted by molar-refractivity contribution is 0.219. The molecule has 2 aromatic carbocycles. The van der Waals surface area contributed by atoms with Crippen molar-refractivity contribution in [3.63, 3.8) is 0 Å². The van der Waals surface area contributed by atoms with Crippen molar-refractivity contribution in [3.05, 3.63) is 42.5 Å². The van der Waals surface area contributed by atoms with Gasteiger partial charge in [0.1, 0.15) is 6.10 Å². The van der Waals surface area contributed by atoms with E-state index in [1.165, 1.54) is 0 Å². The Labute approximate surface area is 153 Å². The van der Waals surface area contributed by atoms with E-state index in [9.17, 15) is 0 Å². The summed E-state index contributed by atoms with van der Waals surface area (Å²) < 4.78 is 21.6. The molecule has 0 spiro atoms. The number of guanidine groups is 1. The number of rotatable bonds is 8. The fourth-order valence-electron chi connectivity index (χ4n) is 2.30. The Kier molecular flexibility index (Phi) is 6.96. The number of aliphatic imine (C=N–C) groups is 1. The molecule has 0 fully saturated rings. The molecule has 3 N–H and O–H groups in total. The first kappa shape index (κ1) is 19.2. The van der Waals surface area contributed by atoms with Gasteiger partial charge < -0.3 is 30.0 Å². The fraction of sp³-hybridized carbons (Fsp3) is 0.316. The zero-order valence-corrected chi connectivity index (χ0v) is 15.5. The summed E-state index contributed by atoms with van der Waals surface area (Å²) in [6.45, 7) is 2.31. The summed E-state index contributed by atoms with van der Waals surface area (Å²) in [6, 6.07) is 12.9. The minimum absolute atomic E-state index is 0.169. The monoisotopic (exact) mass is 359 g/mol. The average Bonchev–Trinajstić information content (AvgIpc) is 2.66. The molecule has 0 bridgehead atoms. The summed E-state index contributed by atoms with van der Waals surface area (Å²) in [4.78, 5) is 4.31. The number of ether oxygens (including phenoxy) is 4. The van der Waals surface area contributed by atoms with E-state index < -0.39 is 0 Å². The Morgan fingerprint density at radius 1 is 0.962 bits per heavy atom. The van der Waals surface area contributed by atoms with E-state index in [1.54, 1.807) is 33.5 Å². The van der Waals surface area contributed by atoms with Crippen molar-refractivity contribution >= 4 is 11.6 Å².